The van der Waals surface area contributed by atoms with Crippen LogP contribution < -0.4 is 4.74 Å². The first-order valence-corrected chi connectivity index (χ1v) is 14.8. The Labute approximate surface area is 256 Å². The molecule has 0 radical (unpaired) electrons. The standard InChI is InChI=1S/C22H11F6I3O7S/c23-21(24,25)20(22(26,27)28,9-39(34,35)36)38-19(33)14-6-2-3-11-12(14)4-1-5-13(11)18(32)37-17-15(30)7-10(29)8-16(17)31/h1-8H,9H2,(H,34,35,36)/p-1. The van der Waals surface area contributed by atoms with Gasteiger partial charge in [-0.1, -0.05) is 24.3 Å². The molecule has 0 saturated carbocycles. The van der Waals surface area contributed by atoms with Crippen molar-refractivity contribution in [2.45, 2.75) is 18.0 Å². The van der Waals surface area contributed by atoms with Crippen LogP contribution in [0.25, 0.3) is 10.8 Å². The smallest absolute Gasteiger partial charge is 0.438 e. The maximum atomic E-state index is 13.6. The average Bonchev–Trinajstić information content (AvgIpc) is 2.77. The molecular weight excluding hydrogens is 903 g/mol. The van der Waals surface area contributed by atoms with E-state index in [0.29, 0.717) is 7.14 Å². The molecule has 0 aromatic heterocycles. The zero-order valence-electron chi connectivity index (χ0n) is 18.5. The minimum absolute atomic E-state index is 0.0893. The summed E-state index contributed by atoms with van der Waals surface area (Å²) in [5.74, 6) is -6.10. The highest BCUT2D eigenvalue weighted by Gasteiger charge is 2.75. The van der Waals surface area contributed by atoms with E-state index in [4.69, 9.17) is 4.74 Å². The van der Waals surface area contributed by atoms with E-state index in [-0.39, 0.29) is 22.1 Å². The van der Waals surface area contributed by atoms with Gasteiger partial charge in [-0.3, -0.25) is 0 Å². The van der Waals surface area contributed by atoms with Crippen LogP contribution in [-0.4, -0.2) is 48.6 Å². The van der Waals surface area contributed by atoms with Gasteiger partial charge >= 0.3 is 29.9 Å². The monoisotopic (exact) mass is 913 g/mol. The molecule has 0 amide bonds. The van der Waals surface area contributed by atoms with Crippen LogP contribution in [0.2, 0.25) is 0 Å². The molecule has 0 heterocycles. The van der Waals surface area contributed by atoms with E-state index in [2.05, 4.69) is 27.3 Å². The first kappa shape index (κ1) is 32.1. The molecule has 39 heavy (non-hydrogen) atoms. The van der Waals surface area contributed by atoms with Crippen molar-refractivity contribution in [1.29, 1.82) is 0 Å². The highest BCUT2D eigenvalue weighted by atomic mass is 127. The second-order valence-electron chi connectivity index (χ2n) is 7.71. The van der Waals surface area contributed by atoms with Gasteiger partial charge in [-0.25, -0.2) is 18.0 Å². The van der Waals surface area contributed by atoms with Crippen LogP contribution in [0.5, 0.6) is 5.75 Å². The van der Waals surface area contributed by atoms with Crippen LogP contribution >= 0.6 is 67.8 Å². The lowest BCUT2D eigenvalue weighted by atomic mass is 9.99. The summed E-state index contributed by atoms with van der Waals surface area (Å²) in [7, 11) is -6.21. The number of benzene rings is 3. The Morgan fingerprint density at radius 2 is 1.23 bits per heavy atom. The molecule has 0 atom stereocenters. The average molecular weight is 913 g/mol. The van der Waals surface area contributed by atoms with Crippen LogP contribution in [0.1, 0.15) is 20.7 Å². The summed E-state index contributed by atoms with van der Waals surface area (Å²) in [5, 5.41) is -0.388. The Hall–Kier alpha value is -1.46. The van der Waals surface area contributed by atoms with Crippen molar-refractivity contribution >= 4 is 101 Å². The van der Waals surface area contributed by atoms with Crippen LogP contribution in [0.4, 0.5) is 26.3 Å². The number of halogens is 9. The molecule has 0 aliphatic carbocycles. The number of hydrogen-bond acceptors (Lipinski definition) is 7. The van der Waals surface area contributed by atoms with Gasteiger partial charge in [0.2, 0.25) is 0 Å². The van der Waals surface area contributed by atoms with E-state index in [1.54, 1.807) is 12.1 Å². The number of ether oxygens (including phenoxy) is 2. The fourth-order valence-corrected chi connectivity index (χ4v) is 8.06. The van der Waals surface area contributed by atoms with Gasteiger partial charge in [0.25, 0.3) is 0 Å². The van der Waals surface area contributed by atoms with Crippen LogP contribution in [0, 0.1) is 10.7 Å². The number of rotatable bonds is 6. The van der Waals surface area contributed by atoms with Gasteiger partial charge < -0.3 is 14.0 Å². The fraction of sp³-hybridized carbons (Fsp3) is 0.182. The van der Waals surface area contributed by atoms with E-state index >= 15 is 0 Å². The topological polar surface area (TPSA) is 110 Å². The van der Waals surface area contributed by atoms with Crippen molar-refractivity contribution in [3.63, 3.8) is 0 Å². The fourth-order valence-electron chi connectivity index (χ4n) is 3.37. The summed E-state index contributed by atoms with van der Waals surface area (Å²) in [5.41, 5.74) is -6.69. The van der Waals surface area contributed by atoms with Gasteiger partial charge in [-0.15, -0.1) is 0 Å². The van der Waals surface area contributed by atoms with Gasteiger partial charge in [0.05, 0.1) is 34.1 Å². The van der Waals surface area contributed by atoms with Crippen molar-refractivity contribution < 1.29 is 58.4 Å². The molecule has 0 saturated heterocycles. The summed E-state index contributed by atoms with van der Waals surface area (Å²) < 4.78 is 126. The Morgan fingerprint density at radius 3 is 1.64 bits per heavy atom. The minimum atomic E-state index is -6.53. The molecule has 0 N–H and O–H groups in total. The molecule has 3 aromatic carbocycles. The number of alkyl halides is 6. The van der Waals surface area contributed by atoms with Crippen LogP contribution in [0.15, 0.2) is 48.5 Å². The Bertz CT molecular complexity index is 1540. The van der Waals surface area contributed by atoms with Crippen molar-refractivity contribution in [2.24, 2.45) is 0 Å². The molecule has 3 rings (SSSR count). The van der Waals surface area contributed by atoms with E-state index < -0.39 is 51.3 Å². The SMILES string of the molecule is O=C(Oc1c(I)cc(I)cc1I)c1cccc2c(C(=O)OC(CS(=O)(=O)[O-])(C(F)(F)F)C(F)(F)F)cccc12. The quantitative estimate of drug-likeness (QED) is 0.0922. The zero-order valence-corrected chi connectivity index (χ0v) is 25.8. The van der Waals surface area contributed by atoms with Gasteiger partial charge in [0.15, 0.2) is 5.75 Å². The molecule has 17 heteroatoms. The molecule has 0 spiro atoms. The van der Waals surface area contributed by atoms with E-state index in [9.17, 15) is 48.9 Å². The first-order chi connectivity index (χ1) is 17.8. The zero-order chi connectivity index (χ0) is 29.6. The third-order valence-corrected chi connectivity index (χ3v) is 8.07. The molecule has 7 nitrogen and oxygen atoms in total. The second-order valence-corrected chi connectivity index (χ2v) is 12.7. The van der Waals surface area contributed by atoms with Gasteiger partial charge in [-0.05, 0) is 103 Å². The molecule has 0 aliphatic heterocycles. The third-order valence-electron chi connectivity index (χ3n) is 5.08. The molecule has 0 aliphatic rings. The number of carbonyl (C=O) groups is 2. The summed E-state index contributed by atoms with van der Waals surface area (Å²) >= 11 is 5.92. The molecule has 210 valence electrons. The third kappa shape index (κ3) is 6.89. The summed E-state index contributed by atoms with van der Waals surface area (Å²) in [4.78, 5) is 25.7. The number of fused-ring (bicyclic) bond motifs is 1. The van der Waals surface area contributed by atoms with Gasteiger partial charge in [0.1, 0.15) is 0 Å². The molecule has 3 aromatic rings. The highest BCUT2D eigenvalue weighted by Crippen LogP contribution is 2.47. The Balaban J connectivity index is 2.10. The second kappa shape index (κ2) is 11.4. The largest absolute Gasteiger partial charge is 0.748 e. The van der Waals surface area contributed by atoms with Crippen molar-refractivity contribution in [2.75, 3.05) is 5.75 Å². The van der Waals surface area contributed by atoms with Crippen molar-refractivity contribution in [3.8, 4) is 5.75 Å². The van der Waals surface area contributed by atoms with Gasteiger partial charge in [0, 0.05) is 3.57 Å². The minimum Gasteiger partial charge on any atom is -0.748 e. The van der Waals surface area contributed by atoms with Crippen LogP contribution in [0.3, 0.4) is 0 Å². The number of esters is 2. The first-order valence-electron chi connectivity index (χ1n) is 9.96. The lowest BCUT2D eigenvalue weighted by Crippen LogP contribution is -2.63. The molecule has 0 bridgehead atoms. The molecule has 0 unspecified atom stereocenters. The summed E-state index contributed by atoms with van der Waals surface area (Å²) in [6, 6.07) is 10.1. The number of carbonyl (C=O) groups excluding carboxylic acids is 2. The van der Waals surface area contributed by atoms with E-state index in [0.717, 1.165) is 21.8 Å². The maximum Gasteiger partial charge on any atom is 0.438 e. The van der Waals surface area contributed by atoms with E-state index in [1.165, 1.54) is 18.2 Å². The highest BCUT2D eigenvalue weighted by molar-refractivity contribution is 14.1. The molecular formula is C22H10F6I3O7S-. The van der Waals surface area contributed by atoms with Crippen LogP contribution in [-0.2, 0) is 14.9 Å². The Morgan fingerprint density at radius 1 is 0.795 bits per heavy atom. The van der Waals surface area contributed by atoms with Crippen molar-refractivity contribution in [1.82, 2.24) is 0 Å². The normalized spacial score (nSPS) is 12.9. The van der Waals surface area contributed by atoms with Crippen molar-refractivity contribution in [3.05, 3.63) is 70.4 Å². The summed E-state index contributed by atoms with van der Waals surface area (Å²) in [6.07, 6.45) is -13.1. The molecule has 0 fully saturated rings. The predicted octanol–water partition coefficient (Wildman–Crippen LogP) is 6.44. The lowest BCUT2D eigenvalue weighted by Gasteiger charge is -2.37. The summed E-state index contributed by atoms with van der Waals surface area (Å²) in [6.45, 7) is 0. The maximum absolute atomic E-state index is 13.6. The predicted molar refractivity (Wildman–Crippen MR) is 148 cm³/mol. The Kier molecular flexibility index (Phi) is 9.40. The van der Waals surface area contributed by atoms with Gasteiger partial charge in [-0.2, -0.15) is 26.3 Å². The number of hydrogen-bond donors (Lipinski definition) is 0. The van der Waals surface area contributed by atoms with E-state index in [1.807, 2.05) is 45.2 Å². The lowest BCUT2D eigenvalue weighted by molar-refractivity contribution is -0.356.